The second-order valence-electron chi connectivity index (χ2n) is 3.47. The summed E-state index contributed by atoms with van der Waals surface area (Å²) in [5, 5.41) is 4.01. The van der Waals surface area contributed by atoms with E-state index in [1.807, 2.05) is 18.2 Å². The third kappa shape index (κ3) is 1.73. The second-order valence-corrected chi connectivity index (χ2v) is 3.88. The fraction of sp³-hybridized carbons (Fsp3) is 0.400. The topological polar surface area (TPSA) is 38.0 Å². The molecule has 1 aromatic rings. The van der Waals surface area contributed by atoms with Crippen LogP contribution in [-0.4, -0.2) is 6.04 Å². The predicted octanol–water partition coefficient (Wildman–Crippen LogP) is 2.89. The SMILES string of the molecule is Nc1c(Cl)cccc1NC1CCC1. The molecule has 2 rings (SSSR count). The average Bonchev–Trinajstić information content (AvgIpc) is 2.04. The number of hydrogen-bond donors (Lipinski definition) is 2. The third-order valence-electron chi connectivity index (χ3n) is 2.52. The van der Waals surface area contributed by atoms with Gasteiger partial charge in [0, 0.05) is 6.04 Å². The lowest BCUT2D eigenvalue weighted by molar-refractivity contribution is 0.446. The third-order valence-corrected chi connectivity index (χ3v) is 2.85. The molecule has 13 heavy (non-hydrogen) atoms. The van der Waals surface area contributed by atoms with Crippen LogP contribution in [0.2, 0.25) is 5.02 Å². The van der Waals surface area contributed by atoms with E-state index in [2.05, 4.69) is 5.32 Å². The molecule has 1 fully saturated rings. The summed E-state index contributed by atoms with van der Waals surface area (Å²) in [6.45, 7) is 0. The standard InChI is InChI=1S/C10H13ClN2/c11-8-5-2-6-9(10(8)12)13-7-3-1-4-7/h2,5-7,13H,1,3-4,12H2. The van der Waals surface area contributed by atoms with Gasteiger partial charge in [-0.05, 0) is 31.4 Å². The van der Waals surface area contributed by atoms with Crippen molar-refractivity contribution in [2.75, 3.05) is 11.1 Å². The predicted molar refractivity (Wildman–Crippen MR) is 57.1 cm³/mol. The first kappa shape index (κ1) is 8.70. The van der Waals surface area contributed by atoms with Crippen molar-refractivity contribution in [3.63, 3.8) is 0 Å². The van der Waals surface area contributed by atoms with Crippen molar-refractivity contribution in [1.29, 1.82) is 0 Å². The molecule has 3 N–H and O–H groups in total. The van der Waals surface area contributed by atoms with E-state index in [1.165, 1.54) is 19.3 Å². The van der Waals surface area contributed by atoms with Gasteiger partial charge in [-0.25, -0.2) is 0 Å². The Morgan fingerprint density at radius 3 is 2.77 bits per heavy atom. The van der Waals surface area contributed by atoms with E-state index in [1.54, 1.807) is 0 Å². The van der Waals surface area contributed by atoms with E-state index in [0.717, 1.165) is 5.69 Å². The molecule has 0 aliphatic heterocycles. The highest BCUT2D eigenvalue weighted by atomic mass is 35.5. The van der Waals surface area contributed by atoms with Gasteiger partial charge in [-0.15, -0.1) is 0 Å². The van der Waals surface area contributed by atoms with Crippen LogP contribution in [0.5, 0.6) is 0 Å². The van der Waals surface area contributed by atoms with Gasteiger partial charge in [-0.2, -0.15) is 0 Å². The number of hydrogen-bond acceptors (Lipinski definition) is 2. The Balaban J connectivity index is 2.14. The number of nitrogen functional groups attached to an aromatic ring is 1. The fourth-order valence-electron chi connectivity index (χ4n) is 1.44. The second kappa shape index (κ2) is 3.46. The van der Waals surface area contributed by atoms with Crippen LogP contribution in [0.3, 0.4) is 0 Å². The minimum absolute atomic E-state index is 0.598. The minimum atomic E-state index is 0.598. The van der Waals surface area contributed by atoms with Crippen molar-refractivity contribution in [2.24, 2.45) is 0 Å². The van der Waals surface area contributed by atoms with E-state index >= 15 is 0 Å². The number of para-hydroxylation sites is 1. The van der Waals surface area contributed by atoms with E-state index in [0.29, 0.717) is 16.8 Å². The number of nitrogens with one attached hydrogen (secondary N) is 1. The van der Waals surface area contributed by atoms with Crippen LogP contribution in [-0.2, 0) is 0 Å². The lowest BCUT2D eigenvalue weighted by atomic mass is 9.93. The molecule has 1 saturated carbocycles. The monoisotopic (exact) mass is 196 g/mol. The van der Waals surface area contributed by atoms with Crippen LogP contribution in [0.15, 0.2) is 18.2 Å². The average molecular weight is 197 g/mol. The Bertz CT molecular complexity index is 308. The van der Waals surface area contributed by atoms with Crippen molar-refractivity contribution in [2.45, 2.75) is 25.3 Å². The molecule has 3 heteroatoms. The number of rotatable bonds is 2. The van der Waals surface area contributed by atoms with Crippen LogP contribution in [0.25, 0.3) is 0 Å². The van der Waals surface area contributed by atoms with Crippen molar-refractivity contribution in [3.05, 3.63) is 23.2 Å². The molecule has 0 bridgehead atoms. The zero-order valence-corrected chi connectivity index (χ0v) is 8.14. The summed E-state index contributed by atoms with van der Waals surface area (Å²) in [6, 6.07) is 6.29. The van der Waals surface area contributed by atoms with E-state index in [-0.39, 0.29) is 0 Å². The summed E-state index contributed by atoms with van der Waals surface area (Å²) in [7, 11) is 0. The Hall–Kier alpha value is -0.890. The van der Waals surface area contributed by atoms with Crippen LogP contribution in [0.4, 0.5) is 11.4 Å². The molecule has 0 amide bonds. The summed E-state index contributed by atoms with van der Waals surface area (Å²) in [5.74, 6) is 0. The maximum absolute atomic E-state index is 5.89. The van der Waals surface area contributed by atoms with Crippen LogP contribution < -0.4 is 11.1 Å². The van der Waals surface area contributed by atoms with Gasteiger partial charge in [0.05, 0.1) is 16.4 Å². The van der Waals surface area contributed by atoms with Crippen molar-refractivity contribution < 1.29 is 0 Å². The molecular weight excluding hydrogens is 184 g/mol. The number of benzene rings is 1. The molecule has 0 atom stereocenters. The highest BCUT2D eigenvalue weighted by molar-refractivity contribution is 6.33. The highest BCUT2D eigenvalue weighted by Gasteiger charge is 2.17. The van der Waals surface area contributed by atoms with E-state index < -0.39 is 0 Å². The summed E-state index contributed by atoms with van der Waals surface area (Å²) in [4.78, 5) is 0. The molecule has 0 saturated heterocycles. The van der Waals surface area contributed by atoms with Gasteiger partial charge in [-0.3, -0.25) is 0 Å². The van der Waals surface area contributed by atoms with E-state index in [4.69, 9.17) is 17.3 Å². The zero-order chi connectivity index (χ0) is 9.26. The van der Waals surface area contributed by atoms with Gasteiger partial charge in [0.15, 0.2) is 0 Å². The molecule has 1 aliphatic carbocycles. The lowest BCUT2D eigenvalue weighted by Crippen LogP contribution is -2.27. The molecular formula is C10H13ClN2. The summed E-state index contributed by atoms with van der Waals surface area (Å²) >= 11 is 5.89. The fourth-order valence-corrected chi connectivity index (χ4v) is 1.61. The minimum Gasteiger partial charge on any atom is -0.396 e. The van der Waals surface area contributed by atoms with Crippen molar-refractivity contribution in [3.8, 4) is 0 Å². The quantitative estimate of drug-likeness (QED) is 0.714. The van der Waals surface area contributed by atoms with Crippen LogP contribution in [0.1, 0.15) is 19.3 Å². The van der Waals surface area contributed by atoms with Gasteiger partial charge >= 0.3 is 0 Å². The Morgan fingerprint density at radius 2 is 2.15 bits per heavy atom. The molecule has 2 nitrogen and oxygen atoms in total. The maximum Gasteiger partial charge on any atom is 0.0739 e. The highest BCUT2D eigenvalue weighted by Crippen LogP contribution is 2.30. The van der Waals surface area contributed by atoms with E-state index in [9.17, 15) is 0 Å². The van der Waals surface area contributed by atoms with Crippen molar-refractivity contribution >= 4 is 23.0 Å². The Morgan fingerprint density at radius 1 is 1.38 bits per heavy atom. The first-order valence-corrected chi connectivity index (χ1v) is 4.95. The van der Waals surface area contributed by atoms with Gasteiger partial charge in [0.1, 0.15) is 0 Å². The lowest BCUT2D eigenvalue weighted by Gasteiger charge is -2.28. The Kier molecular flexibility index (Phi) is 2.32. The van der Waals surface area contributed by atoms with Crippen molar-refractivity contribution in [1.82, 2.24) is 0 Å². The molecule has 0 aromatic heterocycles. The largest absolute Gasteiger partial charge is 0.396 e. The number of halogens is 1. The number of anilines is 2. The Labute approximate surface area is 83.1 Å². The summed E-state index contributed by atoms with van der Waals surface area (Å²) < 4.78 is 0. The molecule has 1 aromatic carbocycles. The molecule has 1 aliphatic rings. The van der Waals surface area contributed by atoms with Crippen LogP contribution in [0, 0.1) is 0 Å². The summed E-state index contributed by atoms with van der Waals surface area (Å²) in [6.07, 6.45) is 3.80. The normalized spacial score (nSPS) is 16.7. The van der Waals surface area contributed by atoms with Gasteiger partial charge < -0.3 is 11.1 Å². The molecule has 0 unspecified atom stereocenters. The van der Waals surface area contributed by atoms with Gasteiger partial charge in [0.2, 0.25) is 0 Å². The smallest absolute Gasteiger partial charge is 0.0739 e. The van der Waals surface area contributed by atoms with Crippen LogP contribution >= 0.6 is 11.6 Å². The van der Waals surface area contributed by atoms with Gasteiger partial charge in [0.25, 0.3) is 0 Å². The molecule has 70 valence electrons. The molecule has 0 heterocycles. The maximum atomic E-state index is 5.89. The first-order valence-electron chi connectivity index (χ1n) is 4.58. The zero-order valence-electron chi connectivity index (χ0n) is 7.39. The first-order chi connectivity index (χ1) is 6.27. The summed E-state index contributed by atoms with van der Waals surface area (Å²) in [5.41, 5.74) is 7.45. The molecule has 0 spiro atoms. The van der Waals surface area contributed by atoms with Gasteiger partial charge in [-0.1, -0.05) is 17.7 Å². The number of nitrogens with two attached hydrogens (primary N) is 1. The molecule has 0 radical (unpaired) electrons.